The van der Waals surface area contributed by atoms with Crippen LogP contribution in [0.15, 0.2) is 28.7 Å². The maximum absolute atomic E-state index is 12.0. The van der Waals surface area contributed by atoms with E-state index in [4.69, 9.17) is 5.11 Å². The predicted molar refractivity (Wildman–Crippen MR) is 79.5 cm³/mol. The van der Waals surface area contributed by atoms with Gasteiger partial charge in [0, 0.05) is 24.1 Å². The lowest BCUT2D eigenvalue weighted by molar-refractivity contribution is -0.137. The third kappa shape index (κ3) is 5.20. The van der Waals surface area contributed by atoms with Gasteiger partial charge >= 0.3 is 5.97 Å². The van der Waals surface area contributed by atoms with Gasteiger partial charge in [0.1, 0.15) is 0 Å². The van der Waals surface area contributed by atoms with Crippen molar-refractivity contribution >= 4 is 32.1 Å². The summed E-state index contributed by atoms with van der Waals surface area (Å²) in [6.45, 7) is 1.65. The minimum absolute atomic E-state index is 0.0735. The van der Waals surface area contributed by atoms with Gasteiger partial charge in [-0.1, -0.05) is 28.1 Å². The Bertz CT molecular complexity index is 577. The third-order valence-corrected chi connectivity index (χ3v) is 4.87. The van der Waals surface area contributed by atoms with Crippen LogP contribution in [-0.2, 0) is 15.0 Å². The van der Waals surface area contributed by atoms with Gasteiger partial charge in [-0.15, -0.1) is 0 Å². The number of hydrogen-bond donors (Lipinski definition) is 2. The van der Waals surface area contributed by atoms with E-state index in [1.165, 1.54) is 7.05 Å². The number of rotatable bonds is 7. The Balaban J connectivity index is 2.72. The molecule has 1 aromatic carbocycles. The first-order chi connectivity index (χ1) is 9.22. The normalized spacial score (nSPS) is 13.4. The molecule has 0 heterocycles. The SMILES string of the molecule is C[C@H](NS(=O)(=O)N(C)CCC(=O)O)c1cccc(Br)c1. The Morgan fingerprint density at radius 2 is 2.15 bits per heavy atom. The summed E-state index contributed by atoms with van der Waals surface area (Å²) in [5, 5.41) is 8.57. The number of carboxylic acids is 1. The average Bonchev–Trinajstić information content (AvgIpc) is 2.35. The minimum Gasteiger partial charge on any atom is -0.481 e. The number of aliphatic carboxylic acids is 1. The molecule has 1 atom stereocenters. The maximum atomic E-state index is 12.0. The van der Waals surface area contributed by atoms with Gasteiger partial charge < -0.3 is 5.11 Å². The molecule has 0 aromatic heterocycles. The fourth-order valence-corrected chi connectivity index (χ4v) is 3.04. The van der Waals surface area contributed by atoms with Crippen LogP contribution in [0.2, 0.25) is 0 Å². The van der Waals surface area contributed by atoms with Crippen molar-refractivity contribution in [1.29, 1.82) is 0 Å². The van der Waals surface area contributed by atoms with Gasteiger partial charge in [0.25, 0.3) is 10.2 Å². The van der Waals surface area contributed by atoms with Crippen LogP contribution in [0.25, 0.3) is 0 Å². The summed E-state index contributed by atoms with van der Waals surface area (Å²) in [6, 6.07) is 6.89. The first kappa shape index (κ1) is 17.1. The molecule has 0 aliphatic rings. The standard InChI is InChI=1S/C12H17BrN2O4S/c1-9(10-4-3-5-11(13)8-10)14-20(18,19)15(2)7-6-12(16)17/h3-5,8-9,14H,6-7H2,1-2H3,(H,16,17)/t9-/m0/s1. The Kier molecular flexibility index (Phi) is 6.12. The third-order valence-electron chi connectivity index (χ3n) is 2.73. The van der Waals surface area contributed by atoms with E-state index >= 15 is 0 Å². The molecule has 2 N–H and O–H groups in total. The number of halogens is 1. The molecule has 0 saturated carbocycles. The highest BCUT2D eigenvalue weighted by Crippen LogP contribution is 2.18. The van der Waals surface area contributed by atoms with Crippen LogP contribution in [0.1, 0.15) is 24.9 Å². The van der Waals surface area contributed by atoms with E-state index in [2.05, 4.69) is 20.7 Å². The Hall–Kier alpha value is -0.960. The van der Waals surface area contributed by atoms with Crippen molar-refractivity contribution in [3.05, 3.63) is 34.3 Å². The number of carboxylic acid groups (broad SMARTS) is 1. The topological polar surface area (TPSA) is 86.7 Å². The molecular formula is C12H17BrN2O4S. The van der Waals surface area contributed by atoms with E-state index in [-0.39, 0.29) is 13.0 Å². The second-order valence-corrected chi connectivity index (χ2v) is 7.09. The van der Waals surface area contributed by atoms with Gasteiger partial charge in [0.05, 0.1) is 6.42 Å². The van der Waals surface area contributed by atoms with Crippen LogP contribution < -0.4 is 4.72 Å². The zero-order valence-electron chi connectivity index (χ0n) is 11.2. The van der Waals surface area contributed by atoms with Crippen molar-refractivity contribution in [2.24, 2.45) is 0 Å². The fraction of sp³-hybridized carbons (Fsp3) is 0.417. The molecule has 0 saturated heterocycles. The van der Waals surface area contributed by atoms with Crippen LogP contribution >= 0.6 is 15.9 Å². The Morgan fingerprint density at radius 3 is 2.70 bits per heavy atom. The van der Waals surface area contributed by atoms with E-state index in [0.717, 1.165) is 14.3 Å². The molecule has 20 heavy (non-hydrogen) atoms. The van der Waals surface area contributed by atoms with Crippen LogP contribution in [0.5, 0.6) is 0 Å². The molecule has 0 aliphatic heterocycles. The lowest BCUT2D eigenvalue weighted by Gasteiger charge is -2.21. The maximum Gasteiger partial charge on any atom is 0.304 e. The van der Waals surface area contributed by atoms with Crippen LogP contribution in [0, 0.1) is 0 Å². The molecule has 0 spiro atoms. The first-order valence-corrected chi connectivity index (χ1v) is 8.16. The molecule has 0 bridgehead atoms. The van der Waals surface area contributed by atoms with Gasteiger partial charge in [-0.3, -0.25) is 4.79 Å². The number of nitrogens with one attached hydrogen (secondary N) is 1. The zero-order chi connectivity index (χ0) is 15.3. The smallest absolute Gasteiger partial charge is 0.304 e. The molecule has 112 valence electrons. The summed E-state index contributed by atoms with van der Waals surface area (Å²) in [7, 11) is -2.37. The molecule has 0 unspecified atom stereocenters. The highest BCUT2D eigenvalue weighted by atomic mass is 79.9. The first-order valence-electron chi connectivity index (χ1n) is 5.93. The van der Waals surface area contributed by atoms with Gasteiger partial charge in [0.15, 0.2) is 0 Å². The number of benzene rings is 1. The molecule has 0 radical (unpaired) electrons. The summed E-state index contributed by atoms with van der Waals surface area (Å²) >= 11 is 3.33. The molecule has 1 rings (SSSR count). The summed E-state index contributed by atoms with van der Waals surface area (Å²) in [4.78, 5) is 10.5. The van der Waals surface area contributed by atoms with Gasteiger partial charge in [0.2, 0.25) is 0 Å². The zero-order valence-corrected chi connectivity index (χ0v) is 13.6. The average molecular weight is 365 g/mol. The predicted octanol–water partition coefficient (Wildman–Crippen LogP) is 1.75. The van der Waals surface area contributed by atoms with Crippen molar-refractivity contribution in [3.8, 4) is 0 Å². The molecule has 1 aromatic rings. The van der Waals surface area contributed by atoms with Gasteiger partial charge in [-0.05, 0) is 24.6 Å². The van der Waals surface area contributed by atoms with Crippen molar-refractivity contribution in [1.82, 2.24) is 9.03 Å². The van der Waals surface area contributed by atoms with Crippen LogP contribution in [-0.4, -0.2) is 37.4 Å². The number of hydrogen-bond acceptors (Lipinski definition) is 3. The summed E-state index contributed by atoms with van der Waals surface area (Å²) in [5.74, 6) is -1.04. The lowest BCUT2D eigenvalue weighted by atomic mass is 10.1. The van der Waals surface area contributed by atoms with Crippen molar-refractivity contribution in [2.45, 2.75) is 19.4 Å². The molecule has 0 amide bonds. The molecule has 6 nitrogen and oxygen atoms in total. The minimum atomic E-state index is -3.71. The van der Waals surface area contributed by atoms with Gasteiger partial charge in [-0.25, -0.2) is 0 Å². The summed E-state index contributed by atoms with van der Waals surface area (Å²) in [6.07, 6.45) is -0.233. The number of carbonyl (C=O) groups is 1. The van der Waals surface area contributed by atoms with E-state index in [9.17, 15) is 13.2 Å². The largest absolute Gasteiger partial charge is 0.481 e. The fourth-order valence-electron chi connectivity index (χ4n) is 1.53. The van der Waals surface area contributed by atoms with Crippen LogP contribution in [0.4, 0.5) is 0 Å². The summed E-state index contributed by atoms with van der Waals surface area (Å²) < 4.78 is 28.4. The van der Waals surface area contributed by atoms with Crippen molar-refractivity contribution in [3.63, 3.8) is 0 Å². The van der Waals surface area contributed by atoms with E-state index in [1.54, 1.807) is 6.92 Å². The summed E-state index contributed by atoms with van der Waals surface area (Å²) in [5.41, 5.74) is 0.814. The lowest BCUT2D eigenvalue weighted by Crippen LogP contribution is -2.40. The van der Waals surface area contributed by atoms with Crippen molar-refractivity contribution < 1.29 is 18.3 Å². The molecule has 0 fully saturated rings. The monoisotopic (exact) mass is 364 g/mol. The van der Waals surface area contributed by atoms with E-state index in [0.29, 0.717) is 0 Å². The molecular weight excluding hydrogens is 348 g/mol. The van der Waals surface area contributed by atoms with Crippen molar-refractivity contribution in [2.75, 3.05) is 13.6 Å². The van der Waals surface area contributed by atoms with E-state index < -0.39 is 22.2 Å². The molecule has 8 heteroatoms. The molecule has 0 aliphatic carbocycles. The van der Waals surface area contributed by atoms with E-state index in [1.807, 2.05) is 24.3 Å². The second-order valence-electron chi connectivity index (χ2n) is 4.36. The highest BCUT2D eigenvalue weighted by molar-refractivity contribution is 9.10. The second kappa shape index (κ2) is 7.16. The highest BCUT2D eigenvalue weighted by Gasteiger charge is 2.21. The quantitative estimate of drug-likeness (QED) is 0.771. The Morgan fingerprint density at radius 1 is 1.50 bits per heavy atom. The Labute approximate surface area is 127 Å². The van der Waals surface area contributed by atoms with Gasteiger partial charge in [-0.2, -0.15) is 17.4 Å². The number of nitrogens with zero attached hydrogens (tertiary/aromatic N) is 1. The van der Waals surface area contributed by atoms with Crippen LogP contribution in [0.3, 0.4) is 0 Å².